The van der Waals surface area contributed by atoms with E-state index in [4.69, 9.17) is 0 Å². The van der Waals surface area contributed by atoms with Gasteiger partial charge in [0.2, 0.25) is 5.91 Å². The molecule has 0 saturated heterocycles. The molecule has 0 spiro atoms. The number of thioether (sulfide) groups is 1. The molecule has 3 nitrogen and oxygen atoms in total. The number of aromatic nitrogens is 1. The smallest absolute Gasteiger partial charge is 0.234 e. The van der Waals surface area contributed by atoms with Crippen LogP contribution in [0.25, 0.3) is 0 Å². The number of carbonyl (C=O) groups excluding carboxylic acids is 1. The van der Waals surface area contributed by atoms with Crippen LogP contribution in [-0.4, -0.2) is 16.6 Å². The van der Waals surface area contributed by atoms with Crippen LogP contribution in [0.5, 0.6) is 0 Å². The molecular formula is C14H13IN2OS. The van der Waals surface area contributed by atoms with Crippen LogP contribution in [0.2, 0.25) is 0 Å². The minimum Gasteiger partial charge on any atom is -0.325 e. The number of rotatable bonds is 4. The van der Waals surface area contributed by atoms with E-state index in [9.17, 15) is 4.79 Å². The predicted molar refractivity (Wildman–Crippen MR) is 87.5 cm³/mol. The normalized spacial score (nSPS) is 10.2. The van der Waals surface area contributed by atoms with Crippen LogP contribution in [0.1, 0.15) is 5.56 Å². The lowest BCUT2D eigenvalue weighted by molar-refractivity contribution is -0.113. The van der Waals surface area contributed by atoms with E-state index in [2.05, 4.69) is 32.9 Å². The second-order valence-corrected chi connectivity index (χ2v) is 6.26. The molecule has 0 fully saturated rings. The monoisotopic (exact) mass is 384 g/mol. The van der Waals surface area contributed by atoms with Crippen molar-refractivity contribution in [2.45, 2.75) is 11.9 Å². The van der Waals surface area contributed by atoms with Crippen LogP contribution in [0.4, 0.5) is 5.69 Å². The lowest BCUT2D eigenvalue weighted by atomic mass is 10.3. The van der Waals surface area contributed by atoms with Crippen LogP contribution in [0, 0.1) is 10.5 Å². The van der Waals surface area contributed by atoms with E-state index in [1.807, 2.05) is 43.3 Å². The van der Waals surface area contributed by atoms with Gasteiger partial charge in [-0.25, -0.2) is 4.98 Å². The molecule has 1 heterocycles. The molecular weight excluding hydrogens is 371 g/mol. The van der Waals surface area contributed by atoms with Crippen molar-refractivity contribution in [2.75, 3.05) is 11.1 Å². The van der Waals surface area contributed by atoms with Gasteiger partial charge in [-0.3, -0.25) is 4.79 Å². The van der Waals surface area contributed by atoms with Crippen LogP contribution in [0.3, 0.4) is 0 Å². The summed E-state index contributed by atoms with van der Waals surface area (Å²) in [4.78, 5) is 16.0. The van der Waals surface area contributed by atoms with Crippen LogP contribution in [0.15, 0.2) is 47.6 Å². The summed E-state index contributed by atoms with van der Waals surface area (Å²) >= 11 is 3.67. The Labute approximate surface area is 130 Å². The first-order chi connectivity index (χ1) is 9.13. The first kappa shape index (κ1) is 14.3. The quantitative estimate of drug-likeness (QED) is 0.645. The molecule has 0 atom stereocenters. The third kappa shape index (κ3) is 4.83. The maximum absolute atomic E-state index is 11.8. The van der Waals surface area contributed by atoms with Gasteiger partial charge >= 0.3 is 0 Å². The molecule has 0 bridgehead atoms. The van der Waals surface area contributed by atoms with Crippen molar-refractivity contribution >= 4 is 45.9 Å². The lowest BCUT2D eigenvalue weighted by Crippen LogP contribution is -2.14. The molecule has 1 aromatic heterocycles. The third-order valence-electron chi connectivity index (χ3n) is 2.36. The molecule has 0 unspecified atom stereocenters. The number of carbonyl (C=O) groups is 1. The minimum absolute atomic E-state index is 0.0198. The van der Waals surface area contributed by atoms with Crippen molar-refractivity contribution in [3.05, 3.63) is 51.7 Å². The second-order valence-electron chi connectivity index (χ2n) is 4.02. The predicted octanol–water partition coefficient (Wildman–Crippen LogP) is 3.73. The Morgan fingerprint density at radius 2 is 2.00 bits per heavy atom. The fraction of sp³-hybridized carbons (Fsp3) is 0.143. The summed E-state index contributed by atoms with van der Waals surface area (Å²) in [5, 5.41) is 3.72. The highest BCUT2D eigenvalue weighted by atomic mass is 127. The fourth-order valence-electron chi connectivity index (χ4n) is 1.41. The third-order valence-corrected chi connectivity index (χ3v) is 4.03. The van der Waals surface area contributed by atoms with E-state index in [0.717, 1.165) is 19.8 Å². The van der Waals surface area contributed by atoms with Gasteiger partial charge in [0.25, 0.3) is 0 Å². The summed E-state index contributed by atoms with van der Waals surface area (Å²) < 4.78 is 1.15. The molecule has 0 saturated carbocycles. The highest BCUT2D eigenvalue weighted by molar-refractivity contribution is 14.1. The van der Waals surface area contributed by atoms with E-state index < -0.39 is 0 Å². The Kier molecular flexibility index (Phi) is 5.21. The average molecular weight is 384 g/mol. The highest BCUT2D eigenvalue weighted by Gasteiger charge is 2.04. The Bertz CT molecular complexity index is 555. The molecule has 0 aliphatic heterocycles. The summed E-state index contributed by atoms with van der Waals surface area (Å²) in [5.74, 6) is 0.343. The lowest BCUT2D eigenvalue weighted by Gasteiger charge is -2.05. The summed E-state index contributed by atoms with van der Waals surface area (Å²) in [5.41, 5.74) is 1.94. The standard InChI is InChI=1S/C14H13IN2OS/c1-10-2-7-14(16-8-10)19-9-13(18)17-12-5-3-11(15)4-6-12/h2-8H,9H2,1H3,(H,17,18). The Hall–Kier alpha value is -1.08. The van der Waals surface area contributed by atoms with Gasteiger partial charge < -0.3 is 5.32 Å². The molecule has 2 aromatic rings. The van der Waals surface area contributed by atoms with Crippen molar-refractivity contribution in [3.63, 3.8) is 0 Å². The molecule has 19 heavy (non-hydrogen) atoms. The maximum atomic E-state index is 11.8. The van der Waals surface area contributed by atoms with Crippen LogP contribution >= 0.6 is 34.4 Å². The number of aryl methyl sites for hydroxylation is 1. The number of benzene rings is 1. The number of amides is 1. The first-order valence-corrected chi connectivity index (χ1v) is 7.81. The first-order valence-electron chi connectivity index (χ1n) is 5.74. The van der Waals surface area contributed by atoms with E-state index in [1.54, 1.807) is 6.20 Å². The van der Waals surface area contributed by atoms with E-state index in [0.29, 0.717) is 5.75 Å². The second kappa shape index (κ2) is 6.91. The van der Waals surface area contributed by atoms with Gasteiger partial charge in [-0.05, 0) is 65.4 Å². The number of anilines is 1. The molecule has 5 heteroatoms. The van der Waals surface area contributed by atoms with Gasteiger partial charge in [0.05, 0.1) is 10.8 Å². The highest BCUT2D eigenvalue weighted by Crippen LogP contribution is 2.16. The zero-order chi connectivity index (χ0) is 13.7. The van der Waals surface area contributed by atoms with Gasteiger partial charge in [0.1, 0.15) is 0 Å². The van der Waals surface area contributed by atoms with Crippen molar-refractivity contribution in [2.24, 2.45) is 0 Å². The SMILES string of the molecule is Cc1ccc(SCC(=O)Nc2ccc(I)cc2)nc1. The zero-order valence-electron chi connectivity index (χ0n) is 10.4. The maximum Gasteiger partial charge on any atom is 0.234 e. The Balaban J connectivity index is 1.84. The number of hydrogen-bond acceptors (Lipinski definition) is 3. The number of hydrogen-bond donors (Lipinski definition) is 1. The number of nitrogens with zero attached hydrogens (tertiary/aromatic N) is 1. The molecule has 1 N–H and O–H groups in total. The topological polar surface area (TPSA) is 42.0 Å². The average Bonchev–Trinajstić information content (AvgIpc) is 2.41. The van der Waals surface area contributed by atoms with Crippen LogP contribution < -0.4 is 5.32 Å². The molecule has 2 rings (SSSR count). The molecule has 0 aliphatic carbocycles. The Morgan fingerprint density at radius 3 is 2.63 bits per heavy atom. The van der Waals surface area contributed by atoms with Gasteiger partial charge in [-0.2, -0.15) is 0 Å². The number of halogens is 1. The number of pyridine rings is 1. The van der Waals surface area contributed by atoms with E-state index in [1.165, 1.54) is 11.8 Å². The Morgan fingerprint density at radius 1 is 1.26 bits per heavy atom. The van der Waals surface area contributed by atoms with Crippen molar-refractivity contribution in [1.29, 1.82) is 0 Å². The van der Waals surface area contributed by atoms with Crippen molar-refractivity contribution in [1.82, 2.24) is 4.98 Å². The summed E-state index contributed by atoms with van der Waals surface area (Å²) in [6.07, 6.45) is 1.80. The fourth-order valence-corrected chi connectivity index (χ4v) is 2.41. The van der Waals surface area contributed by atoms with Gasteiger partial charge in [0.15, 0.2) is 0 Å². The largest absolute Gasteiger partial charge is 0.325 e. The van der Waals surface area contributed by atoms with Gasteiger partial charge in [0, 0.05) is 15.5 Å². The van der Waals surface area contributed by atoms with Crippen molar-refractivity contribution in [3.8, 4) is 0 Å². The summed E-state index contributed by atoms with van der Waals surface area (Å²) in [6, 6.07) is 11.6. The van der Waals surface area contributed by atoms with E-state index in [-0.39, 0.29) is 5.91 Å². The molecule has 1 amide bonds. The molecule has 1 aromatic carbocycles. The number of nitrogens with one attached hydrogen (secondary N) is 1. The summed E-state index contributed by atoms with van der Waals surface area (Å²) in [6.45, 7) is 1.99. The van der Waals surface area contributed by atoms with Crippen molar-refractivity contribution < 1.29 is 4.79 Å². The molecule has 0 radical (unpaired) electrons. The van der Waals surface area contributed by atoms with Crippen LogP contribution in [-0.2, 0) is 4.79 Å². The summed E-state index contributed by atoms with van der Waals surface area (Å²) in [7, 11) is 0. The molecule has 98 valence electrons. The van der Waals surface area contributed by atoms with Gasteiger partial charge in [-0.15, -0.1) is 0 Å². The molecule has 0 aliphatic rings. The van der Waals surface area contributed by atoms with Gasteiger partial charge in [-0.1, -0.05) is 17.8 Å². The van der Waals surface area contributed by atoms with E-state index >= 15 is 0 Å². The minimum atomic E-state index is -0.0198. The zero-order valence-corrected chi connectivity index (χ0v) is 13.4.